The Hall–Kier alpha value is -3.27. The largest absolute Gasteiger partial charge is 0.477 e. The van der Waals surface area contributed by atoms with Gasteiger partial charge in [0.1, 0.15) is 5.56 Å². The molecule has 168 valence electrons. The van der Waals surface area contributed by atoms with Gasteiger partial charge in [0.05, 0.1) is 18.0 Å². The Bertz CT molecular complexity index is 1160. The number of amides is 1. The number of pyridine rings is 1. The number of ether oxygens (including phenoxy) is 1. The van der Waals surface area contributed by atoms with Crippen molar-refractivity contribution in [2.45, 2.75) is 26.7 Å². The second-order valence-electron chi connectivity index (χ2n) is 8.56. The van der Waals surface area contributed by atoms with Crippen LogP contribution in [0.25, 0.3) is 5.65 Å². The van der Waals surface area contributed by atoms with Crippen molar-refractivity contribution >= 4 is 23.2 Å². The van der Waals surface area contributed by atoms with Crippen molar-refractivity contribution in [2.24, 2.45) is 5.41 Å². The number of imidazole rings is 1. The first-order valence-corrected chi connectivity index (χ1v) is 10.9. The van der Waals surface area contributed by atoms with Gasteiger partial charge < -0.3 is 24.7 Å². The van der Waals surface area contributed by atoms with Gasteiger partial charge in [0, 0.05) is 50.8 Å². The molecule has 10 heteroatoms. The maximum absolute atomic E-state index is 14.4. The Balaban J connectivity index is 1.36. The van der Waals surface area contributed by atoms with Gasteiger partial charge in [-0.25, -0.2) is 14.4 Å². The Morgan fingerprint density at radius 2 is 2.06 bits per heavy atom. The summed E-state index contributed by atoms with van der Waals surface area (Å²) in [5.41, 5.74) is 1.83. The Kier molecular flexibility index (Phi) is 5.16. The zero-order valence-electron chi connectivity index (χ0n) is 18.2. The van der Waals surface area contributed by atoms with Crippen molar-refractivity contribution in [1.82, 2.24) is 24.7 Å². The topological polar surface area (TPSA) is 96.7 Å². The van der Waals surface area contributed by atoms with Crippen molar-refractivity contribution in [2.75, 3.05) is 43.0 Å². The molecule has 1 spiro atoms. The van der Waals surface area contributed by atoms with Gasteiger partial charge in [-0.3, -0.25) is 4.79 Å². The third kappa shape index (κ3) is 3.75. The van der Waals surface area contributed by atoms with Crippen LogP contribution in [0.5, 0.6) is 5.88 Å². The Morgan fingerprint density at radius 3 is 2.75 bits per heavy atom. The Morgan fingerprint density at radius 1 is 1.28 bits per heavy atom. The van der Waals surface area contributed by atoms with Gasteiger partial charge in [0.2, 0.25) is 11.8 Å². The summed E-state index contributed by atoms with van der Waals surface area (Å²) >= 11 is 0. The summed E-state index contributed by atoms with van der Waals surface area (Å²) in [6, 6.07) is 1.24. The number of aryl methyl sites for hydroxylation is 1. The van der Waals surface area contributed by atoms with E-state index in [0.717, 1.165) is 39.0 Å². The number of carbonyl (C=O) groups is 1. The Labute approximate surface area is 185 Å². The second kappa shape index (κ2) is 8.01. The third-order valence-electron chi connectivity index (χ3n) is 6.26. The monoisotopic (exact) mass is 439 g/mol. The van der Waals surface area contributed by atoms with Crippen LogP contribution >= 0.6 is 0 Å². The summed E-state index contributed by atoms with van der Waals surface area (Å²) in [7, 11) is 0. The first-order chi connectivity index (χ1) is 15.5. The molecule has 9 nitrogen and oxygen atoms in total. The molecule has 0 saturated carbocycles. The molecular weight excluding hydrogens is 413 g/mol. The zero-order chi connectivity index (χ0) is 22.3. The number of hydrogen-bond donors (Lipinski definition) is 2. The van der Waals surface area contributed by atoms with Crippen molar-refractivity contribution in [1.29, 1.82) is 0 Å². The molecule has 2 fully saturated rings. The first kappa shape index (κ1) is 20.6. The molecular formula is C22H26FN7O2. The molecule has 2 aliphatic heterocycles. The SMILES string of the molecule is CCOc1nc(N2CCC3(CC2)CNC3)ncc1C(=O)Nc1cc(F)c2nc(C)cn2c1. The van der Waals surface area contributed by atoms with Crippen LogP contribution in [0.4, 0.5) is 16.0 Å². The van der Waals surface area contributed by atoms with Gasteiger partial charge in [-0.2, -0.15) is 4.98 Å². The highest BCUT2D eigenvalue weighted by Crippen LogP contribution is 2.36. The molecule has 3 aromatic heterocycles. The predicted octanol–water partition coefficient (Wildman–Crippen LogP) is 2.41. The van der Waals surface area contributed by atoms with E-state index >= 15 is 0 Å². The van der Waals surface area contributed by atoms with Crippen LogP contribution in [0.3, 0.4) is 0 Å². The van der Waals surface area contributed by atoms with Gasteiger partial charge in [-0.1, -0.05) is 0 Å². The fourth-order valence-corrected chi connectivity index (χ4v) is 4.37. The number of nitrogens with zero attached hydrogens (tertiary/aromatic N) is 5. The lowest BCUT2D eigenvalue weighted by atomic mass is 9.73. The number of fused-ring (bicyclic) bond motifs is 1. The van der Waals surface area contributed by atoms with Gasteiger partial charge in [0.15, 0.2) is 11.5 Å². The molecule has 0 atom stereocenters. The van der Waals surface area contributed by atoms with E-state index in [9.17, 15) is 9.18 Å². The molecule has 5 heterocycles. The fraction of sp³-hybridized carbons (Fsp3) is 0.455. The summed E-state index contributed by atoms with van der Waals surface area (Å²) in [6.45, 7) is 7.89. The van der Waals surface area contributed by atoms with E-state index in [0.29, 0.717) is 29.4 Å². The van der Waals surface area contributed by atoms with Gasteiger partial charge in [-0.05, 0) is 32.1 Å². The molecule has 0 aliphatic carbocycles. The van der Waals surface area contributed by atoms with E-state index in [1.54, 1.807) is 23.7 Å². The molecule has 0 unspecified atom stereocenters. The summed E-state index contributed by atoms with van der Waals surface area (Å²) in [4.78, 5) is 28.2. The average molecular weight is 439 g/mol. The third-order valence-corrected chi connectivity index (χ3v) is 6.26. The predicted molar refractivity (Wildman–Crippen MR) is 118 cm³/mol. The lowest BCUT2D eigenvalue weighted by molar-refractivity contribution is 0.102. The van der Waals surface area contributed by atoms with Gasteiger partial charge in [-0.15, -0.1) is 0 Å². The molecule has 0 radical (unpaired) electrons. The number of aromatic nitrogens is 4. The van der Waals surface area contributed by atoms with E-state index < -0.39 is 11.7 Å². The minimum absolute atomic E-state index is 0.203. The summed E-state index contributed by atoms with van der Waals surface area (Å²) in [6.07, 6.45) is 6.98. The van der Waals surface area contributed by atoms with Crippen LogP contribution in [0.15, 0.2) is 24.7 Å². The maximum Gasteiger partial charge on any atom is 0.262 e. The van der Waals surface area contributed by atoms with Crippen molar-refractivity contribution in [3.05, 3.63) is 41.7 Å². The van der Waals surface area contributed by atoms with Crippen LogP contribution in [0.1, 0.15) is 35.8 Å². The number of anilines is 2. The number of halogens is 1. The number of rotatable bonds is 5. The fourth-order valence-electron chi connectivity index (χ4n) is 4.37. The van der Waals surface area contributed by atoms with Crippen LogP contribution in [0, 0.1) is 18.2 Å². The molecule has 5 rings (SSSR count). The second-order valence-corrected chi connectivity index (χ2v) is 8.56. The van der Waals surface area contributed by atoms with Gasteiger partial charge >= 0.3 is 0 Å². The smallest absolute Gasteiger partial charge is 0.262 e. The number of piperidine rings is 1. The summed E-state index contributed by atoms with van der Waals surface area (Å²) in [5, 5.41) is 6.08. The molecule has 2 N–H and O–H groups in total. The summed E-state index contributed by atoms with van der Waals surface area (Å²) in [5.74, 6) is -0.195. The number of nitrogens with one attached hydrogen (secondary N) is 2. The maximum atomic E-state index is 14.4. The highest BCUT2D eigenvalue weighted by Gasteiger charge is 2.40. The normalized spacial score (nSPS) is 17.4. The molecule has 0 bridgehead atoms. The van der Waals surface area contributed by atoms with Crippen LogP contribution in [-0.2, 0) is 0 Å². The number of carbonyl (C=O) groups excluding carboxylic acids is 1. The minimum Gasteiger partial charge on any atom is -0.477 e. The highest BCUT2D eigenvalue weighted by atomic mass is 19.1. The van der Waals surface area contributed by atoms with E-state index in [-0.39, 0.29) is 17.1 Å². The van der Waals surface area contributed by atoms with Crippen LogP contribution in [0.2, 0.25) is 0 Å². The standard InChI is InChI=1S/C22H26FN7O2/c1-3-32-20-16(9-25-21(28-20)29-6-4-22(5-7-29)12-24-13-22)19(31)27-15-8-17(23)18-26-14(2)10-30(18)11-15/h8-11,24H,3-7,12-13H2,1-2H3,(H,27,31). The molecule has 2 aliphatic rings. The molecule has 3 aromatic rings. The van der Waals surface area contributed by atoms with Crippen molar-refractivity contribution in [3.8, 4) is 5.88 Å². The molecule has 32 heavy (non-hydrogen) atoms. The molecule has 0 aromatic carbocycles. The van der Waals surface area contributed by atoms with E-state index in [4.69, 9.17) is 4.74 Å². The average Bonchev–Trinajstić information content (AvgIpc) is 3.13. The highest BCUT2D eigenvalue weighted by molar-refractivity contribution is 6.05. The van der Waals surface area contributed by atoms with E-state index in [1.807, 2.05) is 6.92 Å². The van der Waals surface area contributed by atoms with Crippen molar-refractivity contribution < 1.29 is 13.9 Å². The van der Waals surface area contributed by atoms with E-state index in [1.165, 1.54) is 12.3 Å². The first-order valence-electron chi connectivity index (χ1n) is 10.9. The van der Waals surface area contributed by atoms with Crippen LogP contribution < -0.4 is 20.3 Å². The van der Waals surface area contributed by atoms with Crippen molar-refractivity contribution in [3.63, 3.8) is 0 Å². The van der Waals surface area contributed by atoms with Crippen LogP contribution in [-0.4, -0.2) is 58.0 Å². The minimum atomic E-state index is -0.517. The lowest BCUT2D eigenvalue weighted by Crippen LogP contribution is -2.58. The number of hydrogen-bond acceptors (Lipinski definition) is 7. The van der Waals surface area contributed by atoms with Gasteiger partial charge in [0.25, 0.3) is 5.91 Å². The summed E-state index contributed by atoms with van der Waals surface area (Å²) < 4.78 is 21.6. The molecule has 2 saturated heterocycles. The zero-order valence-corrected chi connectivity index (χ0v) is 18.2. The molecule has 1 amide bonds. The quantitative estimate of drug-likeness (QED) is 0.630. The van der Waals surface area contributed by atoms with E-state index in [2.05, 4.69) is 30.5 Å². The lowest BCUT2D eigenvalue weighted by Gasteiger charge is -2.48.